The highest BCUT2D eigenvalue weighted by Crippen LogP contribution is 2.10. The van der Waals surface area contributed by atoms with E-state index >= 15 is 0 Å². The minimum atomic E-state index is 1.29. The van der Waals surface area contributed by atoms with E-state index in [9.17, 15) is 0 Å². The fourth-order valence-corrected chi connectivity index (χ4v) is 1.06. The van der Waals surface area contributed by atoms with Crippen molar-refractivity contribution in [2.45, 2.75) is 20.8 Å². The number of aryl methyl sites for hydroxylation is 2. The van der Waals surface area contributed by atoms with Crippen LogP contribution in [0, 0.1) is 13.8 Å². The van der Waals surface area contributed by atoms with Gasteiger partial charge in [-0.15, -0.1) is 0 Å². The largest absolute Gasteiger partial charge is 0.0871 e. The Bertz CT molecular complexity index is 269. The van der Waals surface area contributed by atoms with Crippen molar-refractivity contribution in [2.24, 2.45) is 0 Å². The molecule has 0 nitrogen and oxygen atoms in total. The van der Waals surface area contributed by atoms with Crippen LogP contribution >= 0.6 is 0 Å². The van der Waals surface area contributed by atoms with Gasteiger partial charge in [-0.05, 0) is 37.5 Å². The zero-order valence-electron chi connectivity index (χ0n) is 7.39. The van der Waals surface area contributed by atoms with E-state index in [0.29, 0.717) is 0 Å². The second-order valence-corrected chi connectivity index (χ2v) is 2.84. The molecule has 0 amide bonds. The highest BCUT2D eigenvalue weighted by atomic mass is 14.0. The first-order chi connectivity index (χ1) is 5.24. The summed E-state index contributed by atoms with van der Waals surface area (Å²) >= 11 is 0. The second kappa shape index (κ2) is 3.38. The van der Waals surface area contributed by atoms with E-state index in [4.69, 9.17) is 0 Å². The topological polar surface area (TPSA) is 0 Å². The molecular formula is C11H14. The molecule has 1 aromatic carbocycles. The summed E-state index contributed by atoms with van der Waals surface area (Å²) in [6.07, 6.45) is 4.18. The summed E-state index contributed by atoms with van der Waals surface area (Å²) in [6.45, 7) is 6.31. The van der Waals surface area contributed by atoms with Crippen LogP contribution < -0.4 is 0 Å². The minimum absolute atomic E-state index is 1.29. The Morgan fingerprint density at radius 3 is 2.36 bits per heavy atom. The molecule has 0 bridgehead atoms. The quantitative estimate of drug-likeness (QED) is 0.570. The Balaban J connectivity index is 3.05. The van der Waals surface area contributed by atoms with Crippen molar-refractivity contribution in [3.05, 3.63) is 41.0 Å². The molecule has 0 aliphatic rings. The summed E-state index contributed by atoms with van der Waals surface area (Å²) in [5, 5.41) is 0. The predicted octanol–water partition coefficient (Wildman–Crippen LogP) is 3.34. The van der Waals surface area contributed by atoms with Crippen molar-refractivity contribution in [2.75, 3.05) is 0 Å². The summed E-state index contributed by atoms with van der Waals surface area (Å²) < 4.78 is 0. The van der Waals surface area contributed by atoms with E-state index in [2.05, 4.69) is 44.2 Å². The molecule has 0 atom stereocenters. The zero-order valence-corrected chi connectivity index (χ0v) is 7.39. The monoisotopic (exact) mass is 146 g/mol. The third kappa shape index (κ3) is 1.94. The lowest BCUT2D eigenvalue weighted by atomic mass is 10.1. The summed E-state index contributed by atoms with van der Waals surface area (Å²) in [7, 11) is 0. The van der Waals surface area contributed by atoms with E-state index in [0.717, 1.165) is 0 Å². The maximum atomic E-state index is 2.20. The van der Waals surface area contributed by atoms with Gasteiger partial charge in [-0.25, -0.2) is 0 Å². The summed E-state index contributed by atoms with van der Waals surface area (Å²) in [5.74, 6) is 0. The molecule has 0 aromatic heterocycles. The molecular weight excluding hydrogens is 132 g/mol. The van der Waals surface area contributed by atoms with E-state index < -0.39 is 0 Å². The first-order valence-electron chi connectivity index (χ1n) is 3.94. The molecule has 1 rings (SSSR count). The van der Waals surface area contributed by atoms with Crippen LogP contribution in [0.1, 0.15) is 23.6 Å². The Labute approximate surface area is 68.6 Å². The van der Waals surface area contributed by atoms with Crippen molar-refractivity contribution in [1.29, 1.82) is 0 Å². The van der Waals surface area contributed by atoms with Crippen molar-refractivity contribution < 1.29 is 0 Å². The van der Waals surface area contributed by atoms with Gasteiger partial charge in [-0.3, -0.25) is 0 Å². The van der Waals surface area contributed by atoms with E-state index in [-0.39, 0.29) is 0 Å². The van der Waals surface area contributed by atoms with Gasteiger partial charge in [0.15, 0.2) is 0 Å². The SMILES string of the molecule is C/C=C\c1ccc(C)c(C)c1. The number of benzene rings is 1. The Hall–Kier alpha value is -1.04. The maximum absolute atomic E-state index is 2.20. The summed E-state index contributed by atoms with van der Waals surface area (Å²) in [4.78, 5) is 0. The molecule has 0 spiro atoms. The smallest absolute Gasteiger partial charge is 0.0257 e. The van der Waals surface area contributed by atoms with Gasteiger partial charge < -0.3 is 0 Å². The zero-order chi connectivity index (χ0) is 8.27. The van der Waals surface area contributed by atoms with Gasteiger partial charge >= 0.3 is 0 Å². The van der Waals surface area contributed by atoms with Gasteiger partial charge in [0, 0.05) is 0 Å². The lowest BCUT2D eigenvalue weighted by Gasteiger charge is -1.99. The predicted molar refractivity (Wildman–Crippen MR) is 50.6 cm³/mol. The average Bonchev–Trinajstić information content (AvgIpc) is 1.98. The van der Waals surface area contributed by atoms with Crippen LogP contribution in [0.5, 0.6) is 0 Å². The Kier molecular flexibility index (Phi) is 2.48. The van der Waals surface area contributed by atoms with Crippen molar-refractivity contribution in [1.82, 2.24) is 0 Å². The maximum Gasteiger partial charge on any atom is -0.0257 e. The van der Waals surface area contributed by atoms with Crippen molar-refractivity contribution >= 4 is 6.08 Å². The van der Waals surface area contributed by atoms with Gasteiger partial charge in [0.1, 0.15) is 0 Å². The van der Waals surface area contributed by atoms with E-state index in [1.807, 2.05) is 6.92 Å². The molecule has 58 valence electrons. The lowest BCUT2D eigenvalue weighted by molar-refractivity contribution is 1.33. The molecule has 0 saturated carbocycles. The molecule has 0 N–H and O–H groups in total. The first kappa shape index (κ1) is 8.06. The lowest BCUT2D eigenvalue weighted by Crippen LogP contribution is -1.80. The molecule has 1 aromatic rings. The number of hydrogen-bond donors (Lipinski definition) is 0. The van der Waals surface area contributed by atoms with Gasteiger partial charge in [0.25, 0.3) is 0 Å². The van der Waals surface area contributed by atoms with Crippen LogP contribution in [0.3, 0.4) is 0 Å². The standard InChI is InChI=1S/C11H14/c1-4-5-11-7-6-9(2)10(3)8-11/h4-8H,1-3H3/b5-4-. The van der Waals surface area contributed by atoms with E-state index in [1.165, 1.54) is 16.7 Å². The van der Waals surface area contributed by atoms with Crippen LogP contribution in [0.2, 0.25) is 0 Å². The van der Waals surface area contributed by atoms with Crippen molar-refractivity contribution in [3.63, 3.8) is 0 Å². The highest BCUT2D eigenvalue weighted by Gasteiger charge is 1.91. The average molecular weight is 146 g/mol. The number of rotatable bonds is 1. The van der Waals surface area contributed by atoms with Crippen LogP contribution in [-0.2, 0) is 0 Å². The number of hydrogen-bond acceptors (Lipinski definition) is 0. The molecule has 0 radical (unpaired) electrons. The van der Waals surface area contributed by atoms with E-state index in [1.54, 1.807) is 0 Å². The minimum Gasteiger partial charge on any atom is -0.0871 e. The molecule has 0 unspecified atom stereocenters. The van der Waals surface area contributed by atoms with Gasteiger partial charge in [-0.1, -0.05) is 30.4 Å². The normalized spacial score (nSPS) is 10.8. The summed E-state index contributed by atoms with van der Waals surface area (Å²) in [6, 6.07) is 6.50. The molecule has 0 aliphatic heterocycles. The fourth-order valence-electron chi connectivity index (χ4n) is 1.06. The molecule has 11 heavy (non-hydrogen) atoms. The third-order valence-corrected chi connectivity index (χ3v) is 1.89. The highest BCUT2D eigenvalue weighted by molar-refractivity contribution is 5.51. The van der Waals surface area contributed by atoms with Gasteiger partial charge in [0.05, 0.1) is 0 Å². The van der Waals surface area contributed by atoms with Gasteiger partial charge in [0.2, 0.25) is 0 Å². The summed E-state index contributed by atoms with van der Waals surface area (Å²) in [5.41, 5.74) is 4.01. The molecule has 0 saturated heterocycles. The molecule has 0 aliphatic carbocycles. The van der Waals surface area contributed by atoms with Crippen LogP contribution in [0.25, 0.3) is 6.08 Å². The molecule has 0 heteroatoms. The van der Waals surface area contributed by atoms with Gasteiger partial charge in [-0.2, -0.15) is 0 Å². The van der Waals surface area contributed by atoms with Crippen LogP contribution in [0.4, 0.5) is 0 Å². The Morgan fingerprint density at radius 2 is 1.82 bits per heavy atom. The van der Waals surface area contributed by atoms with Crippen LogP contribution in [-0.4, -0.2) is 0 Å². The number of allylic oxidation sites excluding steroid dienone is 1. The fraction of sp³-hybridized carbons (Fsp3) is 0.273. The second-order valence-electron chi connectivity index (χ2n) is 2.84. The first-order valence-corrected chi connectivity index (χ1v) is 3.94. The Morgan fingerprint density at radius 1 is 1.09 bits per heavy atom. The third-order valence-electron chi connectivity index (χ3n) is 1.89. The van der Waals surface area contributed by atoms with Crippen molar-refractivity contribution in [3.8, 4) is 0 Å². The molecule has 0 fully saturated rings. The van der Waals surface area contributed by atoms with Crippen LogP contribution in [0.15, 0.2) is 24.3 Å². The molecule has 0 heterocycles.